The molecule has 364 valence electrons. The van der Waals surface area contributed by atoms with Crippen LogP contribution in [0.3, 0.4) is 0 Å². The molecule has 0 saturated carbocycles. The first kappa shape index (κ1) is 47.9. The van der Waals surface area contributed by atoms with Gasteiger partial charge in [-0.05, 0) is 118 Å². The Labute approximate surface area is 436 Å². The molecule has 0 amide bonds. The Bertz CT molecular complexity index is 3800. The average molecular weight is 963 g/mol. The molecule has 0 aliphatic heterocycles. The molecule has 0 radical (unpaired) electrons. The highest BCUT2D eigenvalue weighted by Crippen LogP contribution is 2.41. The average Bonchev–Trinajstić information content (AvgIpc) is 3.74. The van der Waals surface area contributed by atoms with E-state index in [9.17, 15) is 0 Å². The molecule has 8 aromatic carbocycles. The molecule has 0 atom stereocenters. The fourth-order valence-electron chi connectivity index (χ4n) is 9.91. The molecule has 3 aromatic heterocycles. The van der Waals surface area contributed by atoms with Crippen LogP contribution in [0.25, 0.3) is 107 Å². The van der Waals surface area contributed by atoms with Gasteiger partial charge in [-0.3, -0.25) is 0 Å². The highest BCUT2D eigenvalue weighted by atomic mass is 15.0. The molecule has 0 N–H and O–H groups in total. The van der Waals surface area contributed by atoms with E-state index in [0.717, 1.165) is 67.1 Å². The Morgan fingerprint density at radius 3 is 1.39 bits per heavy atom. The minimum atomic E-state index is -0.109. The van der Waals surface area contributed by atoms with Crippen molar-refractivity contribution in [3.05, 3.63) is 216 Å². The Balaban J connectivity index is 1.21. The lowest BCUT2D eigenvalue weighted by Crippen LogP contribution is -2.17. The summed E-state index contributed by atoms with van der Waals surface area (Å²) in [6.07, 6.45) is 0. The number of nitrogens with zero attached hydrogens (tertiary/aromatic N) is 6. The van der Waals surface area contributed by atoms with Crippen LogP contribution in [0.1, 0.15) is 84.6 Å². The highest BCUT2D eigenvalue weighted by molar-refractivity contribution is 6.11. The van der Waals surface area contributed by atoms with Crippen molar-refractivity contribution in [3.8, 4) is 84.9 Å². The molecule has 0 spiro atoms. The highest BCUT2D eigenvalue weighted by Gasteiger charge is 2.25. The molecule has 0 unspecified atom stereocenters. The van der Waals surface area contributed by atoms with E-state index in [1.807, 2.05) is 24.3 Å². The number of rotatable bonds is 8. The van der Waals surface area contributed by atoms with Gasteiger partial charge in [0.1, 0.15) is 0 Å². The maximum Gasteiger partial charge on any atom is 0.164 e. The van der Waals surface area contributed by atoms with Gasteiger partial charge in [0, 0.05) is 44.2 Å². The fourth-order valence-corrected chi connectivity index (χ4v) is 9.91. The van der Waals surface area contributed by atoms with E-state index in [1.54, 1.807) is 0 Å². The van der Waals surface area contributed by atoms with Crippen molar-refractivity contribution >= 4 is 21.8 Å². The summed E-state index contributed by atoms with van der Waals surface area (Å²) in [5.41, 5.74) is 17.2. The summed E-state index contributed by atoms with van der Waals surface area (Å²) in [5.74, 6) is 2.47. The predicted molar refractivity (Wildman–Crippen MR) is 309 cm³/mol. The number of para-hydroxylation sites is 1. The van der Waals surface area contributed by atoms with Crippen molar-refractivity contribution in [1.82, 2.24) is 29.5 Å². The van der Waals surface area contributed by atoms with E-state index in [-0.39, 0.29) is 16.2 Å². The summed E-state index contributed by atoms with van der Waals surface area (Å²) in [6.45, 7) is 22.5. The first-order valence-corrected chi connectivity index (χ1v) is 25.7. The second-order valence-corrected chi connectivity index (χ2v) is 22.8. The van der Waals surface area contributed by atoms with Gasteiger partial charge in [-0.1, -0.05) is 195 Å². The molecule has 74 heavy (non-hydrogen) atoms. The molecule has 0 fully saturated rings. The molecule has 0 saturated heterocycles. The lowest BCUT2D eigenvalue weighted by Gasteiger charge is -2.26. The third-order valence-electron chi connectivity index (χ3n) is 14.1. The summed E-state index contributed by atoms with van der Waals surface area (Å²) in [6, 6.07) is 69.1. The zero-order valence-corrected chi connectivity index (χ0v) is 44.2. The molecule has 0 bridgehead atoms. The van der Waals surface area contributed by atoms with Crippen LogP contribution in [0.15, 0.2) is 194 Å². The van der Waals surface area contributed by atoms with E-state index in [0.29, 0.717) is 23.3 Å². The second-order valence-electron chi connectivity index (χ2n) is 22.8. The van der Waals surface area contributed by atoms with Crippen LogP contribution in [0.5, 0.6) is 0 Å². The zero-order chi connectivity index (χ0) is 51.5. The van der Waals surface area contributed by atoms with E-state index in [4.69, 9.17) is 24.9 Å². The monoisotopic (exact) mass is 963 g/mol. The van der Waals surface area contributed by atoms with Crippen LogP contribution in [0.4, 0.5) is 0 Å². The quantitative estimate of drug-likeness (QED) is 0.152. The van der Waals surface area contributed by atoms with E-state index >= 15 is 0 Å². The van der Waals surface area contributed by atoms with Gasteiger partial charge in [-0.2, -0.15) is 0 Å². The number of aromatic nitrogens is 6. The van der Waals surface area contributed by atoms with Crippen molar-refractivity contribution < 1.29 is 0 Å². The Morgan fingerprint density at radius 1 is 0.311 bits per heavy atom. The molecular weight excluding hydrogens is 901 g/mol. The van der Waals surface area contributed by atoms with E-state index in [2.05, 4.69) is 244 Å². The van der Waals surface area contributed by atoms with E-state index < -0.39 is 0 Å². The van der Waals surface area contributed by atoms with Crippen LogP contribution in [0, 0.1) is 6.92 Å². The largest absolute Gasteiger partial charge is 0.309 e. The van der Waals surface area contributed by atoms with E-state index in [1.165, 1.54) is 38.6 Å². The number of aryl methyl sites for hydroxylation is 1. The Kier molecular flexibility index (Phi) is 12.1. The van der Waals surface area contributed by atoms with Crippen molar-refractivity contribution in [2.75, 3.05) is 0 Å². The Hall–Kier alpha value is -8.35. The van der Waals surface area contributed by atoms with Crippen molar-refractivity contribution in [1.29, 1.82) is 0 Å². The van der Waals surface area contributed by atoms with Crippen LogP contribution < -0.4 is 0 Å². The van der Waals surface area contributed by atoms with Gasteiger partial charge < -0.3 is 4.57 Å². The molecule has 0 aliphatic rings. The second kappa shape index (κ2) is 18.6. The van der Waals surface area contributed by atoms with Crippen LogP contribution in [-0.4, -0.2) is 29.5 Å². The number of benzene rings is 8. The molecule has 3 heterocycles. The first-order chi connectivity index (χ1) is 35.4. The smallest absolute Gasteiger partial charge is 0.164 e. The summed E-state index contributed by atoms with van der Waals surface area (Å²) >= 11 is 0. The summed E-state index contributed by atoms with van der Waals surface area (Å²) in [5, 5.41) is 2.33. The molecule has 0 aliphatic carbocycles. The maximum absolute atomic E-state index is 5.48. The topological polar surface area (TPSA) is 69.4 Å². The van der Waals surface area contributed by atoms with Gasteiger partial charge in [0.15, 0.2) is 23.3 Å². The third-order valence-corrected chi connectivity index (χ3v) is 14.1. The SMILES string of the molecule is Cc1cc(-c2nc(-c3cc(C(C)(C)C)cc(C(C)(C)C)c3)nc(-c3ccc(-n4c5ccccc5c5cc(-c6ccccc6)ccc54)c(-c4cc(-c5ccccc5)nc(-c5ccccc5)n4)c3)n2)cc(C(C)(C)C)c1. The van der Waals surface area contributed by atoms with Crippen molar-refractivity contribution in [2.24, 2.45) is 0 Å². The fraction of sp³-hybridized carbons (Fsp3) is 0.191. The lowest BCUT2D eigenvalue weighted by molar-refractivity contribution is 0.569. The van der Waals surface area contributed by atoms with Gasteiger partial charge in [-0.25, -0.2) is 24.9 Å². The predicted octanol–water partition coefficient (Wildman–Crippen LogP) is 17.6. The molecule has 11 rings (SSSR count). The number of fused-ring (bicyclic) bond motifs is 3. The standard InChI is InChI=1S/C68H62N6/c1-43-34-49(36-51(35-43)66(2,3)4)64-71-63(72-65(73-64)50-37-52(67(5,6)7)41-53(38-50)68(8,9)10)48-31-33-61(74-59-29-21-20-28-54(59)55-39-47(30-32-60(55)74)44-22-14-11-15-23-44)56(40-48)58-42-57(45-24-16-12-17-25-45)69-62(70-58)46-26-18-13-19-27-46/h11-42H,1-10H3. The van der Waals surface area contributed by atoms with Gasteiger partial charge >= 0.3 is 0 Å². The maximum atomic E-state index is 5.48. The molecule has 11 aromatic rings. The summed E-state index contributed by atoms with van der Waals surface area (Å²) < 4.78 is 2.39. The summed E-state index contributed by atoms with van der Waals surface area (Å²) in [4.78, 5) is 27.0. The zero-order valence-electron chi connectivity index (χ0n) is 44.2. The Morgan fingerprint density at radius 2 is 0.784 bits per heavy atom. The molecule has 6 nitrogen and oxygen atoms in total. The number of hydrogen-bond donors (Lipinski definition) is 0. The van der Waals surface area contributed by atoms with Gasteiger partial charge in [0.05, 0.1) is 28.1 Å². The lowest BCUT2D eigenvalue weighted by atomic mass is 9.79. The van der Waals surface area contributed by atoms with Crippen molar-refractivity contribution in [2.45, 2.75) is 85.5 Å². The first-order valence-electron chi connectivity index (χ1n) is 25.7. The third kappa shape index (κ3) is 9.44. The van der Waals surface area contributed by atoms with Crippen molar-refractivity contribution in [3.63, 3.8) is 0 Å². The van der Waals surface area contributed by atoms with Gasteiger partial charge in [0.2, 0.25) is 0 Å². The van der Waals surface area contributed by atoms with Crippen LogP contribution in [-0.2, 0) is 16.2 Å². The molecule has 6 heteroatoms. The van der Waals surface area contributed by atoms with Crippen LogP contribution in [0.2, 0.25) is 0 Å². The minimum Gasteiger partial charge on any atom is -0.309 e. The van der Waals surface area contributed by atoms with Gasteiger partial charge in [-0.15, -0.1) is 0 Å². The van der Waals surface area contributed by atoms with Gasteiger partial charge in [0.25, 0.3) is 0 Å². The number of hydrogen-bond acceptors (Lipinski definition) is 5. The van der Waals surface area contributed by atoms with Crippen LogP contribution >= 0.6 is 0 Å². The normalized spacial score (nSPS) is 12.2. The summed E-state index contributed by atoms with van der Waals surface area (Å²) in [7, 11) is 0. The minimum absolute atomic E-state index is 0.0858. The molecular formula is C68H62N6.